The molecule has 0 saturated heterocycles. The molecule has 0 aliphatic carbocycles. The zero-order valence-corrected chi connectivity index (χ0v) is 10.4. The third kappa shape index (κ3) is 1.81. The molecule has 0 aliphatic heterocycles. The monoisotopic (exact) mass is 238 g/mol. The zero-order chi connectivity index (χ0) is 11.9. The minimum Gasteiger partial charge on any atom is -0.385 e. The lowest BCUT2D eigenvalue weighted by Gasteiger charge is -2.14. The molecule has 2 rings (SSSR count). The maximum atomic E-state index is 9.71. The summed E-state index contributed by atoms with van der Waals surface area (Å²) in [6, 6.07) is 5.82. The Bertz CT molecular complexity index is 517. The van der Waals surface area contributed by atoms with Gasteiger partial charge >= 0.3 is 0 Å². The molecular weight excluding hydrogens is 224 g/mol. The van der Waals surface area contributed by atoms with Crippen LogP contribution in [0.4, 0.5) is 0 Å². The van der Waals surface area contributed by atoms with Gasteiger partial charge in [0.25, 0.3) is 0 Å². The second-order valence-corrected chi connectivity index (χ2v) is 4.68. The molecule has 0 amide bonds. The van der Waals surface area contributed by atoms with Crippen LogP contribution in [0.2, 0.25) is 5.02 Å². The number of fused-ring (bicyclic) bond motifs is 1. The van der Waals surface area contributed by atoms with Gasteiger partial charge in [-0.05, 0) is 39.0 Å². The van der Waals surface area contributed by atoms with E-state index in [1.165, 1.54) is 0 Å². The van der Waals surface area contributed by atoms with Gasteiger partial charge in [-0.15, -0.1) is 0 Å². The van der Waals surface area contributed by atoms with Crippen LogP contribution in [0.15, 0.2) is 18.2 Å². The molecule has 1 N–H and O–H groups in total. The third-order valence-corrected chi connectivity index (χ3v) is 2.80. The van der Waals surface area contributed by atoms with Crippen LogP contribution in [0, 0.1) is 0 Å². The topological polar surface area (TPSA) is 38.0 Å². The standard InChI is InChI=1S/C12H15ClN2O/c1-7(2)15-11-6-9(13)4-5-10(11)14-12(15)8(3)16/h4-8,16H,1-3H3/t8-/m0/s1. The van der Waals surface area contributed by atoms with E-state index in [-0.39, 0.29) is 6.04 Å². The van der Waals surface area contributed by atoms with Crippen LogP contribution in [0.3, 0.4) is 0 Å². The Morgan fingerprint density at radius 3 is 2.56 bits per heavy atom. The summed E-state index contributed by atoms with van der Waals surface area (Å²) in [4.78, 5) is 4.43. The fourth-order valence-corrected chi connectivity index (χ4v) is 2.09. The van der Waals surface area contributed by atoms with Gasteiger partial charge in [0.2, 0.25) is 0 Å². The predicted molar refractivity (Wildman–Crippen MR) is 65.8 cm³/mol. The molecule has 1 aromatic carbocycles. The second kappa shape index (κ2) is 4.07. The van der Waals surface area contributed by atoms with E-state index < -0.39 is 6.10 Å². The minimum absolute atomic E-state index is 0.244. The molecule has 0 radical (unpaired) electrons. The first-order valence-corrected chi connectivity index (χ1v) is 5.74. The van der Waals surface area contributed by atoms with E-state index in [2.05, 4.69) is 18.8 Å². The third-order valence-electron chi connectivity index (χ3n) is 2.57. The highest BCUT2D eigenvalue weighted by molar-refractivity contribution is 6.31. The maximum Gasteiger partial charge on any atom is 0.138 e. The van der Waals surface area contributed by atoms with Crippen molar-refractivity contribution in [3.8, 4) is 0 Å². The van der Waals surface area contributed by atoms with E-state index in [0.717, 1.165) is 11.0 Å². The summed E-state index contributed by atoms with van der Waals surface area (Å²) in [5.41, 5.74) is 1.84. The van der Waals surface area contributed by atoms with E-state index in [1.54, 1.807) is 6.92 Å². The number of imidazole rings is 1. The minimum atomic E-state index is -0.575. The van der Waals surface area contributed by atoms with Gasteiger partial charge in [0.1, 0.15) is 11.9 Å². The lowest BCUT2D eigenvalue weighted by Crippen LogP contribution is -2.08. The number of hydrogen-bond donors (Lipinski definition) is 1. The second-order valence-electron chi connectivity index (χ2n) is 4.24. The molecule has 1 atom stereocenters. The summed E-state index contributed by atoms with van der Waals surface area (Å²) >= 11 is 5.98. The Hall–Kier alpha value is -1.06. The Kier molecular flexibility index (Phi) is 2.91. The van der Waals surface area contributed by atoms with Gasteiger partial charge in [-0.3, -0.25) is 0 Å². The Balaban J connectivity index is 2.77. The Morgan fingerprint density at radius 1 is 1.31 bits per heavy atom. The first-order chi connectivity index (χ1) is 7.50. The molecule has 2 aromatic rings. The van der Waals surface area contributed by atoms with Gasteiger partial charge in [-0.2, -0.15) is 0 Å². The molecular formula is C12H15ClN2O. The van der Waals surface area contributed by atoms with Crippen LogP contribution < -0.4 is 0 Å². The normalized spacial score (nSPS) is 13.6. The summed E-state index contributed by atoms with van der Waals surface area (Å²) in [5, 5.41) is 10.4. The molecule has 4 heteroatoms. The fourth-order valence-electron chi connectivity index (χ4n) is 1.92. The summed E-state index contributed by atoms with van der Waals surface area (Å²) < 4.78 is 2.02. The van der Waals surface area contributed by atoms with E-state index >= 15 is 0 Å². The van der Waals surface area contributed by atoms with Gasteiger partial charge in [0, 0.05) is 11.1 Å². The first-order valence-electron chi connectivity index (χ1n) is 5.36. The van der Waals surface area contributed by atoms with Gasteiger partial charge in [0.05, 0.1) is 11.0 Å². The van der Waals surface area contributed by atoms with Crippen LogP contribution in [-0.2, 0) is 0 Å². The first kappa shape index (κ1) is 11.4. The average molecular weight is 239 g/mol. The smallest absolute Gasteiger partial charge is 0.138 e. The van der Waals surface area contributed by atoms with Crippen LogP contribution in [0.5, 0.6) is 0 Å². The van der Waals surface area contributed by atoms with Crippen molar-refractivity contribution in [3.63, 3.8) is 0 Å². The SMILES string of the molecule is CC(C)n1c([C@H](C)O)nc2ccc(Cl)cc21. The fraction of sp³-hybridized carbons (Fsp3) is 0.417. The summed E-state index contributed by atoms with van der Waals surface area (Å²) in [5.74, 6) is 0.687. The molecule has 0 aliphatic rings. The van der Waals surface area contributed by atoms with E-state index in [1.807, 2.05) is 22.8 Å². The van der Waals surface area contributed by atoms with Crippen molar-refractivity contribution in [1.82, 2.24) is 9.55 Å². The van der Waals surface area contributed by atoms with Gasteiger partial charge in [-0.25, -0.2) is 4.98 Å². The quantitative estimate of drug-likeness (QED) is 0.872. The lowest BCUT2D eigenvalue weighted by atomic mass is 10.3. The van der Waals surface area contributed by atoms with Crippen LogP contribution in [0.1, 0.15) is 38.7 Å². The number of rotatable bonds is 2. The van der Waals surface area contributed by atoms with Crippen molar-refractivity contribution in [3.05, 3.63) is 29.0 Å². The largest absolute Gasteiger partial charge is 0.385 e. The highest BCUT2D eigenvalue weighted by Crippen LogP contribution is 2.26. The molecule has 3 nitrogen and oxygen atoms in total. The van der Waals surface area contributed by atoms with Crippen molar-refractivity contribution in [1.29, 1.82) is 0 Å². The van der Waals surface area contributed by atoms with Crippen molar-refractivity contribution in [2.45, 2.75) is 32.9 Å². The molecule has 0 fully saturated rings. The van der Waals surface area contributed by atoms with Crippen LogP contribution in [-0.4, -0.2) is 14.7 Å². The predicted octanol–water partition coefficient (Wildman–Crippen LogP) is 3.32. The van der Waals surface area contributed by atoms with E-state index in [4.69, 9.17) is 11.6 Å². The number of aliphatic hydroxyl groups is 1. The number of hydrogen-bond acceptors (Lipinski definition) is 2. The Labute approximate surface area is 99.7 Å². The summed E-state index contributed by atoms with van der Waals surface area (Å²) in [6.07, 6.45) is -0.575. The highest BCUT2D eigenvalue weighted by atomic mass is 35.5. The maximum absolute atomic E-state index is 9.71. The number of aromatic nitrogens is 2. The van der Waals surface area contributed by atoms with Crippen molar-refractivity contribution in [2.75, 3.05) is 0 Å². The molecule has 0 unspecified atom stereocenters. The number of halogens is 1. The molecule has 0 bridgehead atoms. The molecule has 86 valence electrons. The van der Waals surface area contributed by atoms with E-state index in [0.29, 0.717) is 10.8 Å². The van der Waals surface area contributed by atoms with Gasteiger partial charge < -0.3 is 9.67 Å². The molecule has 16 heavy (non-hydrogen) atoms. The van der Waals surface area contributed by atoms with Crippen molar-refractivity contribution < 1.29 is 5.11 Å². The average Bonchev–Trinajstić information content (AvgIpc) is 2.55. The zero-order valence-electron chi connectivity index (χ0n) is 9.61. The van der Waals surface area contributed by atoms with Gasteiger partial charge in [0.15, 0.2) is 0 Å². The van der Waals surface area contributed by atoms with Crippen LogP contribution in [0.25, 0.3) is 11.0 Å². The molecule has 0 spiro atoms. The number of aliphatic hydroxyl groups excluding tert-OH is 1. The summed E-state index contributed by atoms with van der Waals surface area (Å²) in [6.45, 7) is 5.85. The van der Waals surface area contributed by atoms with Gasteiger partial charge in [-0.1, -0.05) is 11.6 Å². The molecule has 0 saturated carbocycles. The molecule has 1 heterocycles. The van der Waals surface area contributed by atoms with Crippen molar-refractivity contribution >= 4 is 22.6 Å². The number of nitrogens with zero attached hydrogens (tertiary/aromatic N) is 2. The number of benzene rings is 1. The lowest BCUT2D eigenvalue weighted by molar-refractivity contribution is 0.182. The van der Waals surface area contributed by atoms with Crippen molar-refractivity contribution in [2.24, 2.45) is 0 Å². The summed E-state index contributed by atoms with van der Waals surface area (Å²) in [7, 11) is 0. The van der Waals surface area contributed by atoms with Crippen LogP contribution >= 0.6 is 11.6 Å². The van der Waals surface area contributed by atoms with E-state index in [9.17, 15) is 5.11 Å². The Morgan fingerprint density at radius 2 is 2.00 bits per heavy atom. The highest BCUT2D eigenvalue weighted by Gasteiger charge is 2.16. The molecule has 1 aromatic heterocycles.